The van der Waals surface area contributed by atoms with Gasteiger partial charge >= 0.3 is 0 Å². The first-order valence-corrected chi connectivity index (χ1v) is 59.2. The van der Waals surface area contributed by atoms with Crippen molar-refractivity contribution in [3.8, 4) is 34.5 Å². The van der Waals surface area contributed by atoms with Crippen LogP contribution in [0.3, 0.4) is 0 Å². The number of ether oxygens (including phenoxy) is 18. The van der Waals surface area contributed by atoms with E-state index in [-0.39, 0.29) is 37.7 Å². The first-order chi connectivity index (χ1) is 71.0. The van der Waals surface area contributed by atoms with Crippen molar-refractivity contribution in [2.45, 2.75) is 440 Å². The van der Waals surface area contributed by atoms with Crippen molar-refractivity contribution in [1.29, 1.82) is 0 Å². The highest BCUT2D eigenvalue weighted by Crippen LogP contribution is 2.37. The third-order valence-corrected chi connectivity index (χ3v) is 25.7. The van der Waals surface area contributed by atoms with Crippen LogP contribution in [0.15, 0.2) is 54.6 Å². The first kappa shape index (κ1) is 130. The van der Waals surface area contributed by atoms with Crippen molar-refractivity contribution >= 4 is 34.9 Å². The molecule has 828 valence electrons. The van der Waals surface area contributed by atoms with Crippen LogP contribution in [0, 0.1) is 0 Å². The number of nitrogens with zero attached hydrogens (tertiary/aromatic N) is 3. The van der Waals surface area contributed by atoms with Crippen molar-refractivity contribution in [2.24, 2.45) is 0 Å². The number of nitrogens with one attached hydrogen (secondary N) is 3. The predicted molar refractivity (Wildman–Crippen MR) is 592 cm³/mol. The Kier molecular flexibility index (Phi) is 93.9. The Morgan fingerprint density at radius 1 is 0.140 bits per heavy atom. The van der Waals surface area contributed by atoms with Gasteiger partial charge in [-0.05, 0) is 87.8 Å². The Labute approximate surface area is 873 Å². The highest BCUT2D eigenvalue weighted by atomic mass is 16.6. The minimum absolute atomic E-state index is 0.220. The average molecular weight is 2020 g/mol. The monoisotopic (exact) mass is 2020 g/mol. The van der Waals surface area contributed by atoms with Gasteiger partial charge in [-0.1, -0.05) is 388 Å². The Morgan fingerprint density at radius 2 is 0.266 bits per heavy atom. The van der Waals surface area contributed by atoms with E-state index in [9.17, 15) is 0 Å². The lowest BCUT2D eigenvalue weighted by Gasteiger charge is -2.17. The molecule has 0 radical (unpaired) electrons. The lowest BCUT2D eigenvalue weighted by atomic mass is 10.1. The van der Waals surface area contributed by atoms with E-state index in [1.54, 1.807) is 0 Å². The summed E-state index contributed by atoms with van der Waals surface area (Å²) in [6, 6.07) is 17.0. The molecule has 0 aliphatic rings. The zero-order valence-corrected chi connectivity index (χ0v) is 92.4. The number of anilines is 6. The molecule has 1 heterocycles. The summed E-state index contributed by atoms with van der Waals surface area (Å²) in [5.74, 6) is 3.82. The molecule has 0 bridgehead atoms. The summed E-state index contributed by atoms with van der Waals surface area (Å²) in [7, 11) is 0. The van der Waals surface area contributed by atoms with Crippen LogP contribution in [0.2, 0.25) is 0 Å². The van der Waals surface area contributed by atoms with Gasteiger partial charge in [0.25, 0.3) is 0 Å². The molecule has 0 spiro atoms. The molecule has 143 heavy (non-hydrogen) atoms. The van der Waals surface area contributed by atoms with E-state index in [1.807, 2.05) is 54.6 Å². The Morgan fingerprint density at radius 3 is 0.434 bits per heavy atom. The van der Waals surface area contributed by atoms with E-state index in [2.05, 4.69) is 57.5 Å². The smallest absolute Gasteiger partial charge is 0.233 e. The van der Waals surface area contributed by atoms with Crippen LogP contribution >= 0.6 is 0 Å². The largest absolute Gasteiger partial charge is 0.487 e. The molecule has 24 heteroatoms. The topological polar surface area (TPSA) is 241 Å². The minimum atomic E-state index is 0.220. The number of hydrogen-bond acceptors (Lipinski definition) is 24. The molecule has 3 aromatic carbocycles. The fourth-order valence-corrected chi connectivity index (χ4v) is 17.0. The maximum atomic E-state index is 6.55. The summed E-state index contributed by atoms with van der Waals surface area (Å²) < 4.78 is 111. The van der Waals surface area contributed by atoms with Crippen molar-refractivity contribution in [1.82, 2.24) is 15.0 Å². The quantitative estimate of drug-likeness (QED) is 0.0348. The van der Waals surface area contributed by atoms with E-state index in [0.29, 0.717) is 184 Å². The van der Waals surface area contributed by atoms with Crippen LogP contribution in [0.1, 0.15) is 440 Å². The molecule has 0 atom stereocenters. The highest BCUT2D eigenvalue weighted by molar-refractivity contribution is 5.66. The number of aromatic nitrogens is 3. The standard InChI is InChI=1S/C119H214N6O18/c1-7-13-19-25-31-37-43-49-55-61-75-126-81-67-68-82-132-93-99-138-111-72-69-108(105-114(111)141-102-96-135-90-85-129-78-64-58-52-46-40-34-28-22-16-10-4)120-117-123-118(121-109-70-73-112(139-100-94-133-88-83-127-76-62-56-50-44-38-32-26-20-14-8-2)115(106-109)142-103-97-136-91-86-130-79-65-59-53-47-41-35-29-23-17-11-5)125-119(124-117)122-110-71-74-113(140-101-95-134-89-84-128-77-63-57-51-45-39-33-27-21-15-9-3)116(107-110)143-104-98-137-92-87-131-80-66-60-54-48-42-36-30-24-18-12-6/h69-74,105-107H,7-68,75-104H2,1-6H3,(H3,120,121,122,123,124,125). The fraction of sp³-hybridized carbons (Fsp3) is 0.824. The van der Waals surface area contributed by atoms with E-state index >= 15 is 0 Å². The van der Waals surface area contributed by atoms with Crippen molar-refractivity contribution in [3.05, 3.63) is 54.6 Å². The molecule has 0 aliphatic carbocycles. The van der Waals surface area contributed by atoms with Gasteiger partial charge in [-0.25, -0.2) is 0 Å². The van der Waals surface area contributed by atoms with Crippen LogP contribution in [0.25, 0.3) is 0 Å². The van der Waals surface area contributed by atoms with Gasteiger partial charge in [0.1, 0.15) is 39.6 Å². The van der Waals surface area contributed by atoms with Crippen molar-refractivity contribution in [3.63, 3.8) is 0 Å². The second-order valence-electron chi connectivity index (χ2n) is 38.9. The second kappa shape index (κ2) is 104. The minimum Gasteiger partial charge on any atom is -0.487 e. The summed E-state index contributed by atoms with van der Waals surface area (Å²) in [5.41, 5.74) is 1.88. The maximum Gasteiger partial charge on any atom is 0.233 e. The summed E-state index contributed by atoms with van der Waals surface area (Å²) >= 11 is 0. The van der Waals surface area contributed by atoms with Gasteiger partial charge in [-0.15, -0.1) is 0 Å². The summed E-state index contributed by atoms with van der Waals surface area (Å²) in [5, 5.41) is 10.5. The molecule has 4 aromatic rings. The molecule has 0 saturated carbocycles. The Hall–Kier alpha value is -5.61. The molecule has 0 unspecified atom stereocenters. The van der Waals surface area contributed by atoms with Gasteiger partial charge < -0.3 is 101 Å². The molecule has 0 amide bonds. The molecule has 0 aliphatic heterocycles. The first-order valence-electron chi connectivity index (χ1n) is 59.2. The zero-order valence-electron chi connectivity index (χ0n) is 92.4. The Bertz CT molecular complexity index is 3030. The van der Waals surface area contributed by atoms with Gasteiger partial charge in [-0.2, -0.15) is 15.0 Å². The highest BCUT2D eigenvalue weighted by Gasteiger charge is 2.18. The molecule has 0 fully saturated rings. The second-order valence-corrected chi connectivity index (χ2v) is 38.9. The van der Waals surface area contributed by atoms with Crippen LogP contribution in [-0.4, -0.2) is 213 Å². The van der Waals surface area contributed by atoms with E-state index in [0.717, 1.165) is 97.6 Å². The summed E-state index contributed by atoms with van der Waals surface area (Å²) in [6.45, 7) is 28.4. The van der Waals surface area contributed by atoms with Gasteiger partial charge in [0, 0.05) is 88.1 Å². The van der Waals surface area contributed by atoms with Crippen LogP contribution in [0.4, 0.5) is 34.9 Å². The van der Waals surface area contributed by atoms with E-state index < -0.39 is 0 Å². The maximum absolute atomic E-state index is 6.55. The van der Waals surface area contributed by atoms with Gasteiger partial charge in [0.05, 0.1) is 106 Å². The van der Waals surface area contributed by atoms with Gasteiger partial charge in [-0.3, -0.25) is 0 Å². The molecular weight excluding hydrogens is 1800 g/mol. The molecule has 3 N–H and O–H groups in total. The molecule has 0 saturated heterocycles. The number of hydrogen-bond donors (Lipinski definition) is 3. The average Bonchev–Trinajstić information content (AvgIpc) is 0.825. The van der Waals surface area contributed by atoms with Crippen molar-refractivity contribution in [2.75, 3.05) is 214 Å². The summed E-state index contributed by atoms with van der Waals surface area (Å²) in [4.78, 5) is 15.1. The van der Waals surface area contributed by atoms with Gasteiger partial charge in [0.2, 0.25) is 17.8 Å². The molecule has 24 nitrogen and oxygen atoms in total. The Balaban J connectivity index is 1.60. The van der Waals surface area contributed by atoms with Gasteiger partial charge in [0.15, 0.2) is 34.5 Å². The zero-order chi connectivity index (χ0) is 101. The van der Waals surface area contributed by atoms with Crippen LogP contribution < -0.4 is 44.4 Å². The molecule has 1 aromatic heterocycles. The van der Waals surface area contributed by atoms with E-state index in [1.165, 1.54) is 347 Å². The number of rotatable bonds is 116. The fourth-order valence-electron chi connectivity index (χ4n) is 17.0. The third kappa shape index (κ3) is 81.9. The lowest BCUT2D eigenvalue weighted by molar-refractivity contribution is 0.0320. The molecular formula is C119H214N6O18. The number of unbranched alkanes of at least 4 members (excludes halogenated alkanes) is 55. The molecule has 4 rings (SSSR count). The number of benzene rings is 3. The summed E-state index contributed by atoms with van der Waals surface area (Å²) in [6.07, 6.45) is 79.5. The van der Waals surface area contributed by atoms with Crippen LogP contribution in [-0.2, 0) is 56.8 Å². The third-order valence-electron chi connectivity index (χ3n) is 25.7. The van der Waals surface area contributed by atoms with Crippen LogP contribution in [0.5, 0.6) is 34.5 Å². The lowest BCUT2D eigenvalue weighted by Crippen LogP contribution is -2.13. The van der Waals surface area contributed by atoms with E-state index in [4.69, 9.17) is 100 Å². The van der Waals surface area contributed by atoms with Crippen molar-refractivity contribution < 1.29 is 85.3 Å². The SMILES string of the molecule is CCCCCCCCCCCCOCCCCOCCOc1ccc(Nc2nc(Nc3ccc(OCCOCCOCCCCCCCCCCCC)c(OCCOCCOCCCCCCCCCCCC)c3)nc(Nc3ccc(OCCOCCOCCCCCCCCCCCC)c(OCCOCCOCCCCCCCCCCCC)c3)n2)cc1OCCOCCOCCCCCCCCCCCC. The predicted octanol–water partition coefficient (Wildman–Crippen LogP) is 31.9. The normalized spacial score (nSPS) is 11.5.